The molecule has 0 aliphatic carbocycles. The van der Waals surface area contributed by atoms with E-state index < -0.39 is 5.91 Å². The Morgan fingerprint density at radius 2 is 1.80 bits per heavy atom. The molecule has 0 aliphatic heterocycles. The quantitative estimate of drug-likeness (QED) is 0.771. The van der Waals surface area contributed by atoms with Crippen LogP contribution in [-0.2, 0) is 0 Å². The number of aromatic amines is 1. The minimum Gasteiger partial charge on any atom is -0.326 e. The smallest absolute Gasteiger partial charge is 0.261 e. The SMILES string of the molecule is Cc1cc(C(=O)Nc2ccc(-n3cnc(C)c3C)cc2)c(=O)[nH]c1C. The molecule has 2 heterocycles. The van der Waals surface area contributed by atoms with Crippen LogP contribution in [0.25, 0.3) is 5.69 Å². The van der Waals surface area contributed by atoms with Crippen molar-refractivity contribution in [2.75, 3.05) is 5.32 Å². The largest absolute Gasteiger partial charge is 0.326 e. The zero-order valence-electron chi connectivity index (χ0n) is 14.7. The van der Waals surface area contributed by atoms with Gasteiger partial charge in [0.25, 0.3) is 11.5 Å². The predicted molar refractivity (Wildman–Crippen MR) is 97.5 cm³/mol. The van der Waals surface area contributed by atoms with E-state index >= 15 is 0 Å². The summed E-state index contributed by atoms with van der Waals surface area (Å²) in [6.07, 6.45) is 1.77. The van der Waals surface area contributed by atoms with Crippen LogP contribution in [0.5, 0.6) is 0 Å². The van der Waals surface area contributed by atoms with E-state index in [9.17, 15) is 9.59 Å². The van der Waals surface area contributed by atoms with E-state index in [1.54, 1.807) is 31.5 Å². The number of hydrogen-bond acceptors (Lipinski definition) is 3. The molecule has 1 aromatic carbocycles. The summed E-state index contributed by atoms with van der Waals surface area (Å²) < 4.78 is 1.98. The van der Waals surface area contributed by atoms with Gasteiger partial charge in [-0.25, -0.2) is 4.98 Å². The van der Waals surface area contributed by atoms with Gasteiger partial charge in [0.1, 0.15) is 5.56 Å². The molecule has 6 heteroatoms. The van der Waals surface area contributed by atoms with Gasteiger partial charge in [-0.2, -0.15) is 0 Å². The topological polar surface area (TPSA) is 79.8 Å². The lowest BCUT2D eigenvalue weighted by molar-refractivity contribution is 0.102. The fourth-order valence-corrected chi connectivity index (χ4v) is 2.56. The Kier molecular flexibility index (Phi) is 4.27. The van der Waals surface area contributed by atoms with Crippen LogP contribution >= 0.6 is 0 Å². The van der Waals surface area contributed by atoms with Crippen LogP contribution in [-0.4, -0.2) is 20.4 Å². The molecule has 128 valence electrons. The minimum atomic E-state index is -0.424. The van der Waals surface area contributed by atoms with Crippen LogP contribution in [0, 0.1) is 27.7 Å². The number of rotatable bonds is 3. The highest BCUT2D eigenvalue weighted by atomic mass is 16.2. The molecule has 0 saturated carbocycles. The summed E-state index contributed by atoms with van der Waals surface area (Å²) >= 11 is 0. The highest BCUT2D eigenvalue weighted by Gasteiger charge is 2.12. The Hall–Kier alpha value is -3.15. The average Bonchev–Trinajstić information content (AvgIpc) is 2.91. The lowest BCUT2D eigenvalue weighted by atomic mass is 10.1. The Morgan fingerprint density at radius 1 is 1.12 bits per heavy atom. The van der Waals surface area contributed by atoms with Crippen LogP contribution in [0.15, 0.2) is 41.5 Å². The third-order valence-electron chi connectivity index (χ3n) is 4.40. The van der Waals surface area contributed by atoms with Crippen molar-refractivity contribution in [2.45, 2.75) is 27.7 Å². The van der Waals surface area contributed by atoms with Crippen molar-refractivity contribution < 1.29 is 4.79 Å². The van der Waals surface area contributed by atoms with E-state index in [1.165, 1.54) is 0 Å². The van der Waals surface area contributed by atoms with E-state index in [4.69, 9.17) is 0 Å². The summed E-state index contributed by atoms with van der Waals surface area (Å²) in [5.74, 6) is -0.424. The maximum atomic E-state index is 12.4. The van der Waals surface area contributed by atoms with Crippen molar-refractivity contribution in [1.29, 1.82) is 0 Å². The molecule has 0 saturated heterocycles. The number of amides is 1. The number of anilines is 1. The summed E-state index contributed by atoms with van der Waals surface area (Å²) in [6.45, 7) is 7.62. The second-order valence-corrected chi connectivity index (χ2v) is 6.11. The molecule has 3 rings (SSSR count). The molecule has 0 radical (unpaired) electrons. The molecule has 0 bridgehead atoms. The first kappa shape index (κ1) is 16.7. The van der Waals surface area contributed by atoms with Gasteiger partial charge >= 0.3 is 0 Å². The molecule has 0 fully saturated rings. The molecule has 0 spiro atoms. The average molecular weight is 336 g/mol. The summed E-state index contributed by atoms with van der Waals surface area (Å²) in [6, 6.07) is 9.01. The normalized spacial score (nSPS) is 10.7. The molecule has 2 aromatic heterocycles. The number of aromatic nitrogens is 3. The highest BCUT2D eigenvalue weighted by Crippen LogP contribution is 2.17. The zero-order valence-corrected chi connectivity index (χ0v) is 14.7. The van der Waals surface area contributed by atoms with Crippen LogP contribution in [0.1, 0.15) is 33.0 Å². The first-order valence-corrected chi connectivity index (χ1v) is 7.99. The van der Waals surface area contributed by atoms with Gasteiger partial charge in [-0.15, -0.1) is 0 Å². The van der Waals surface area contributed by atoms with E-state index in [0.29, 0.717) is 5.69 Å². The summed E-state index contributed by atoms with van der Waals surface area (Å²) in [4.78, 5) is 31.3. The van der Waals surface area contributed by atoms with Crippen molar-refractivity contribution in [2.24, 2.45) is 0 Å². The third kappa shape index (κ3) is 3.24. The summed E-state index contributed by atoms with van der Waals surface area (Å²) in [7, 11) is 0. The van der Waals surface area contributed by atoms with Gasteiger partial charge < -0.3 is 14.9 Å². The number of carbonyl (C=O) groups is 1. The molecule has 0 unspecified atom stereocenters. The van der Waals surface area contributed by atoms with E-state index in [1.807, 2.05) is 37.5 Å². The monoisotopic (exact) mass is 336 g/mol. The minimum absolute atomic E-state index is 0.105. The van der Waals surface area contributed by atoms with Crippen LogP contribution < -0.4 is 10.9 Å². The fraction of sp³-hybridized carbons (Fsp3) is 0.211. The van der Waals surface area contributed by atoms with Gasteiger partial charge in [0.15, 0.2) is 0 Å². The van der Waals surface area contributed by atoms with Crippen molar-refractivity contribution in [3.63, 3.8) is 0 Å². The predicted octanol–water partition coefficient (Wildman–Crippen LogP) is 3.05. The highest BCUT2D eigenvalue weighted by molar-refractivity contribution is 6.04. The Labute approximate surface area is 145 Å². The lowest BCUT2D eigenvalue weighted by Crippen LogP contribution is -2.24. The number of hydrogen-bond donors (Lipinski definition) is 2. The molecule has 3 aromatic rings. The number of imidazole rings is 1. The number of nitrogens with zero attached hydrogens (tertiary/aromatic N) is 2. The van der Waals surface area contributed by atoms with Gasteiger partial charge in [-0.3, -0.25) is 9.59 Å². The van der Waals surface area contributed by atoms with Crippen molar-refractivity contribution in [1.82, 2.24) is 14.5 Å². The number of nitrogens with one attached hydrogen (secondary N) is 2. The van der Waals surface area contributed by atoms with Gasteiger partial charge in [-0.1, -0.05) is 0 Å². The summed E-state index contributed by atoms with van der Waals surface area (Å²) in [5.41, 5.74) is 4.98. The number of carbonyl (C=O) groups excluding carboxylic acids is 1. The van der Waals surface area contributed by atoms with Gasteiger partial charge in [0, 0.05) is 22.8 Å². The maximum absolute atomic E-state index is 12.4. The van der Waals surface area contributed by atoms with Crippen LogP contribution in [0.2, 0.25) is 0 Å². The maximum Gasteiger partial charge on any atom is 0.261 e. The summed E-state index contributed by atoms with van der Waals surface area (Å²) in [5, 5.41) is 2.76. The molecule has 25 heavy (non-hydrogen) atoms. The first-order chi connectivity index (χ1) is 11.9. The molecule has 2 N–H and O–H groups in total. The number of benzene rings is 1. The Bertz CT molecular complexity index is 997. The van der Waals surface area contributed by atoms with E-state index in [-0.39, 0.29) is 11.1 Å². The third-order valence-corrected chi connectivity index (χ3v) is 4.40. The molecule has 0 aliphatic rings. The van der Waals surface area contributed by atoms with Gasteiger partial charge in [0.05, 0.1) is 12.0 Å². The first-order valence-electron chi connectivity index (χ1n) is 7.99. The van der Waals surface area contributed by atoms with E-state index in [2.05, 4.69) is 15.3 Å². The second kappa shape index (κ2) is 6.39. The number of pyridine rings is 1. The molecule has 6 nitrogen and oxygen atoms in total. The second-order valence-electron chi connectivity index (χ2n) is 6.11. The van der Waals surface area contributed by atoms with Crippen LogP contribution in [0.4, 0.5) is 5.69 Å². The number of aryl methyl sites for hydroxylation is 3. The van der Waals surface area contributed by atoms with Gasteiger partial charge in [0.2, 0.25) is 0 Å². The van der Waals surface area contributed by atoms with Crippen molar-refractivity contribution in [3.05, 3.63) is 75.2 Å². The fourth-order valence-electron chi connectivity index (χ4n) is 2.56. The molecule has 1 amide bonds. The van der Waals surface area contributed by atoms with Gasteiger partial charge in [-0.05, 0) is 63.6 Å². The standard InChI is InChI=1S/C19H20N4O2/c1-11-9-17(18(24)21-12(11)2)19(25)22-15-5-7-16(8-6-15)23-10-20-13(3)14(23)4/h5-10H,1-4H3,(H,21,24)(H,22,25). The molecule has 0 atom stereocenters. The van der Waals surface area contributed by atoms with Crippen molar-refractivity contribution >= 4 is 11.6 Å². The van der Waals surface area contributed by atoms with Crippen LogP contribution in [0.3, 0.4) is 0 Å². The number of H-pyrrole nitrogens is 1. The van der Waals surface area contributed by atoms with Crippen molar-refractivity contribution in [3.8, 4) is 5.69 Å². The Morgan fingerprint density at radius 3 is 2.40 bits per heavy atom. The Balaban J connectivity index is 1.82. The zero-order chi connectivity index (χ0) is 18.1. The molecular formula is C19H20N4O2. The van der Waals surface area contributed by atoms with E-state index in [0.717, 1.165) is 28.3 Å². The lowest BCUT2D eigenvalue weighted by Gasteiger charge is -2.09. The molecular weight excluding hydrogens is 316 g/mol.